The zero-order valence-electron chi connectivity index (χ0n) is 12.3. The van der Waals surface area contributed by atoms with Crippen molar-refractivity contribution in [3.8, 4) is 11.5 Å². The number of ether oxygens (including phenoxy) is 1. The number of nitrogens with zero attached hydrogens (tertiary/aromatic N) is 3. The van der Waals surface area contributed by atoms with Crippen LogP contribution in [0.5, 0.6) is 0 Å². The summed E-state index contributed by atoms with van der Waals surface area (Å²) in [6, 6.07) is 7.31. The number of aromatic nitrogens is 2. The van der Waals surface area contributed by atoms with E-state index in [4.69, 9.17) is 20.8 Å². The Morgan fingerprint density at radius 1 is 1.36 bits per heavy atom. The first-order chi connectivity index (χ1) is 10.7. The van der Waals surface area contributed by atoms with Gasteiger partial charge in [-0.3, -0.25) is 4.90 Å². The minimum atomic E-state index is 0.0656. The van der Waals surface area contributed by atoms with E-state index in [1.165, 1.54) is 0 Å². The van der Waals surface area contributed by atoms with Crippen LogP contribution in [0.4, 0.5) is 0 Å². The highest BCUT2D eigenvalue weighted by molar-refractivity contribution is 6.30. The summed E-state index contributed by atoms with van der Waals surface area (Å²) in [5, 5.41) is 18.3. The number of aliphatic hydroxyl groups is 1. The summed E-state index contributed by atoms with van der Waals surface area (Å²) in [6.45, 7) is 1.35. The van der Waals surface area contributed by atoms with E-state index in [2.05, 4.69) is 15.1 Å². The van der Waals surface area contributed by atoms with Gasteiger partial charge in [0.05, 0.1) is 19.3 Å². The van der Waals surface area contributed by atoms with Gasteiger partial charge in [-0.05, 0) is 30.7 Å². The number of hydrogen-bond acceptors (Lipinski definition) is 6. The smallest absolute Gasteiger partial charge is 0.247 e. The molecule has 2 atom stereocenters. The average Bonchev–Trinajstić information content (AvgIpc) is 3.15. The Morgan fingerprint density at radius 2 is 2.14 bits per heavy atom. The van der Waals surface area contributed by atoms with Crippen LogP contribution in [0.2, 0.25) is 5.02 Å². The van der Waals surface area contributed by atoms with E-state index in [0.29, 0.717) is 23.3 Å². The highest BCUT2D eigenvalue weighted by atomic mass is 35.5. The fourth-order valence-corrected chi connectivity index (χ4v) is 2.82. The van der Waals surface area contributed by atoms with Crippen LogP contribution in [0.15, 0.2) is 28.7 Å². The molecule has 1 N–H and O–H groups in total. The summed E-state index contributed by atoms with van der Waals surface area (Å²) in [5.41, 5.74) is 0.832. The maximum absolute atomic E-state index is 9.46. The van der Waals surface area contributed by atoms with Gasteiger partial charge in [0.15, 0.2) is 0 Å². The summed E-state index contributed by atoms with van der Waals surface area (Å²) >= 11 is 5.87. The molecular formula is C15H18ClN3O3. The van der Waals surface area contributed by atoms with Crippen molar-refractivity contribution in [1.29, 1.82) is 0 Å². The highest BCUT2D eigenvalue weighted by Gasteiger charge is 2.32. The molecule has 1 aliphatic rings. The first kappa shape index (κ1) is 15.4. The molecule has 2 heterocycles. The lowest BCUT2D eigenvalue weighted by molar-refractivity contribution is 0.105. The Labute approximate surface area is 133 Å². The van der Waals surface area contributed by atoms with Gasteiger partial charge < -0.3 is 14.3 Å². The van der Waals surface area contributed by atoms with Crippen molar-refractivity contribution in [1.82, 2.24) is 15.1 Å². The van der Waals surface area contributed by atoms with E-state index in [9.17, 15) is 5.11 Å². The zero-order chi connectivity index (χ0) is 15.5. The molecule has 1 saturated heterocycles. The van der Waals surface area contributed by atoms with Crippen LogP contribution in [0, 0.1) is 0 Å². The third-order valence-corrected chi connectivity index (χ3v) is 4.18. The Morgan fingerprint density at radius 3 is 2.82 bits per heavy atom. The number of halogens is 1. The van der Waals surface area contributed by atoms with Gasteiger partial charge >= 0.3 is 0 Å². The van der Waals surface area contributed by atoms with Crippen LogP contribution in [0.1, 0.15) is 12.3 Å². The van der Waals surface area contributed by atoms with Crippen LogP contribution < -0.4 is 0 Å². The first-order valence-electron chi connectivity index (χ1n) is 7.15. The lowest BCUT2D eigenvalue weighted by Crippen LogP contribution is -2.32. The molecule has 0 bridgehead atoms. The molecule has 1 aliphatic heterocycles. The van der Waals surface area contributed by atoms with Crippen LogP contribution in [0.3, 0.4) is 0 Å². The quantitative estimate of drug-likeness (QED) is 0.907. The molecule has 6 nitrogen and oxygen atoms in total. The maximum Gasteiger partial charge on any atom is 0.247 e. The van der Waals surface area contributed by atoms with Crippen molar-refractivity contribution in [2.75, 3.05) is 20.3 Å². The van der Waals surface area contributed by atoms with Crippen LogP contribution in [-0.2, 0) is 11.3 Å². The summed E-state index contributed by atoms with van der Waals surface area (Å²) in [5.74, 6) is 0.995. The summed E-state index contributed by atoms with van der Waals surface area (Å²) in [7, 11) is 1.69. The molecule has 1 aromatic carbocycles. The van der Waals surface area contributed by atoms with Gasteiger partial charge in [0.1, 0.15) is 0 Å². The SMILES string of the molecule is CO[C@@H]1C[C@@H](CO)N(Cc2nnc(-c3ccc(Cl)cc3)o2)C1. The van der Waals surface area contributed by atoms with Crippen LogP contribution in [0.25, 0.3) is 11.5 Å². The van der Waals surface area contributed by atoms with E-state index < -0.39 is 0 Å². The Balaban J connectivity index is 1.70. The average molecular weight is 324 g/mol. The van der Waals surface area contributed by atoms with E-state index in [1.807, 2.05) is 12.1 Å². The number of rotatable bonds is 5. The monoisotopic (exact) mass is 323 g/mol. The minimum absolute atomic E-state index is 0.0656. The highest BCUT2D eigenvalue weighted by Crippen LogP contribution is 2.24. The molecule has 2 aromatic rings. The molecule has 0 amide bonds. The molecule has 7 heteroatoms. The maximum atomic E-state index is 9.46. The molecule has 0 aliphatic carbocycles. The summed E-state index contributed by atoms with van der Waals surface area (Å²) in [6.07, 6.45) is 0.946. The molecule has 1 aromatic heterocycles. The molecule has 1 fully saturated rings. The fourth-order valence-electron chi connectivity index (χ4n) is 2.69. The molecule has 0 saturated carbocycles. The third kappa shape index (κ3) is 3.30. The lowest BCUT2D eigenvalue weighted by atomic mass is 10.2. The third-order valence-electron chi connectivity index (χ3n) is 3.93. The number of benzene rings is 1. The second-order valence-electron chi connectivity index (χ2n) is 5.37. The van der Waals surface area contributed by atoms with Crippen molar-refractivity contribution >= 4 is 11.6 Å². The molecule has 118 valence electrons. The van der Waals surface area contributed by atoms with Gasteiger partial charge in [0, 0.05) is 30.3 Å². The van der Waals surface area contributed by atoms with Gasteiger partial charge in [-0.2, -0.15) is 0 Å². The molecule has 0 radical (unpaired) electrons. The minimum Gasteiger partial charge on any atom is -0.419 e. The van der Waals surface area contributed by atoms with Crippen LogP contribution in [-0.4, -0.2) is 52.6 Å². The van der Waals surface area contributed by atoms with Gasteiger partial charge in [-0.1, -0.05) is 11.6 Å². The number of methoxy groups -OCH3 is 1. The topological polar surface area (TPSA) is 71.6 Å². The van der Waals surface area contributed by atoms with Crippen molar-refractivity contribution in [3.63, 3.8) is 0 Å². The molecular weight excluding hydrogens is 306 g/mol. The van der Waals surface area contributed by atoms with Gasteiger partial charge in [0.2, 0.25) is 11.8 Å². The van der Waals surface area contributed by atoms with Crippen molar-refractivity contribution < 1.29 is 14.3 Å². The Hall–Kier alpha value is -1.47. The van der Waals surface area contributed by atoms with Crippen LogP contribution >= 0.6 is 11.6 Å². The summed E-state index contributed by atoms with van der Waals surface area (Å²) < 4.78 is 11.1. The first-order valence-corrected chi connectivity index (χ1v) is 7.53. The Kier molecular flexibility index (Phi) is 4.73. The van der Waals surface area contributed by atoms with E-state index >= 15 is 0 Å². The molecule has 3 rings (SSSR count). The lowest BCUT2D eigenvalue weighted by Gasteiger charge is -2.19. The van der Waals surface area contributed by atoms with E-state index in [-0.39, 0.29) is 18.8 Å². The molecule has 0 spiro atoms. The van der Waals surface area contributed by atoms with Gasteiger partial charge in [-0.15, -0.1) is 10.2 Å². The Bertz CT molecular complexity index is 617. The standard InChI is InChI=1S/C15H18ClN3O3/c1-21-13-6-12(9-20)19(7-13)8-14-17-18-15(22-14)10-2-4-11(16)5-3-10/h2-5,12-13,20H,6-9H2,1H3/t12-,13+/m0/s1. The van der Waals surface area contributed by atoms with Crippen molar-refractivity contribution in [2.24, 2.45) is 0 Å². The predicted octanol–water partition coefficient (Wildman–Crippen LogP) is 1.97. The number of aliphatic hydroxyl groups excluding tert-OH is 1. The molecule has 0 unspecified atom stereocenters. The number of hydrogen-bond donors (Lipinski definition) is 1. The largest absolute Gasteiger partial charge is 0.419 e. The normalized spacial score (nSPS) is 22.3. The molecule has 22 heavy (non-hydrogen) atoms. The number of likely N-dealkylation sites (tertiary alicyclic amines) is 1. The van der Waals surface area contributed by atoms with Gasteiger partial charge in [0.25, 0.3) is 0 Å². The van der Waals surface area contributed by atoms with Gasteiger partial charge in [-0.25, -0.2) is 0 Å². The van der Waals surface area contributed by atoms with E-state index in [0.717, 1.165) is 18.5 Å². The second-order valence-corrected chi connectivity index (χ2v) is 5.80. The van der Waals surface area contributed by atoms with Crippen molar-refractivity contribution in [3.05, 3.63) is 35.2 Å². The zero-order valence-corrected chi connectivity index (χ0v) is 13.0. The summed E-state index contributed by atoms with van der Waals surface area (Å²) in [4.78, 5) is 2.10. The van der Waals surface area contributed by atoms with E-state index in [1.54, 1.807) is 19.2 Å². The second kappa shape index (κ2) is 6.75. The van der Waals surface area contributed by atoms with Crippen molar-refractivity contribution in [2.45, 2.75) is 25.1 Å². The predicted molar refractivity (Wildman–Crippen MR) is 81.4 cm³/mol. The fraction of sp³-hybridized carbons (Fsp3) is 0.467.